The predicted molar refractivity (Wildman–Crippen MR) is 298 cm³/mol. The summed E-state index contributed by atoms with van der Waals surface area (Å²) in [5.74, 6) is 2.08. The lowest BCUT2D eigenvalue weighted by atomic mass is 9.72. The molecule has 0 spiro atoms. The number of allylic oxidation sites excluding steroid dienone is 4. The fourth-order valence-electron chi connectivity index (χ4n) is 12.3. The minimum absolute atomic E-state index is 0.0193. The lowest BCUT2D eigenvalue weighted by Gasteiger charge is -2.46. The number of benzene rings is 7. The van der Waals surface area contributed by atoms with Crippen LogP contribution in [0.4, 0.5) is 11.4 Å². The normalized spacial score (nSPS) is 24.9. The second-order valence-electron chi connectivity index (χ2n) is 20.4. The zero-order chi connectivity index (χ0) is 48.6. The van der Waals surface area contributed by atoms with Crippen molar-refractivity contribution in [3.63, 3.8) is 0 Å². The SMILES string of the molecule is CC1C=CC=CC1C1=NC(C2(C)C=C(c3ccc(-c4ccccc4)c(-c4ccccc4)c3)C=NC2c2ccc3c4c(oc3c2)=CC2c3ccccc3N(c3ccccc3)C2(C)C=4)N(C)C(c2ccccc2)=N1. The number of amidine groups is 2. The fraction of sp³-hybridized carbons (Fsp3) is 0.167. The van der Waals surface area contributed by atoms with Gasteiger partial charge in [0, 0.05) is 52.6 Å². The summed E-state index contributed by atoms with van der Waals surface area (Å²) < 4.78 is 7.00. The molecule has 0 saturated carbocycles. The van der Waals surface area contributed by atoms with Crippen LogP contribution in [-0.4, -0.2) is 41.5 Å². The van der Waals surface area contributed by atoms with Crippen molar-refractivity contribution in [2.45, 2.75) is 44.4 Å². The van der Waals surface area contributed by atoms with Crippen LogP contribution in [0.25, 0.3) is 50.9 Å². The summed E-state index contributed by atoms with van der Waals surface area (Å²) in [5.41, 5.74) is 13.4. The Bertz CT molecular complexity index is 3740. The van der Waals surface area contributed by atoms with E-state index in [1.165, 1.54) is 39.2 Å². The minimum Gasteiger partial charge on any atom is -0.456 e. The summed E-state index contributed by atoms with van der Waals surface area (Å²) >= 11 is 0. The third-order valence-electron chi connectivity index (χ3n) is 15.9. The van der Waals surface area contributed by atoms with Gasteiger partial charge in [-0.2, -0.15) is 0 Å². The molecule has 1 aromatic heterocycles. The van der Waals surface area contributed by atoms with E-state index in [4.69, 9.17) is 19.4 Å². The number of fused-ring (bicyclic) bond motifs is 6. The molecule has 6 heteroatoms. The zero-order valence-electron chi connectivity index (χ0n) is 41.0. The van der Waals surface area contributed by atoms with E-state index < -0.39 is 5.41 Å². The van der Waals surface area contributed by atoms with Gasteiger partial charge in [-0.1, -0.05) is 189 Å². The summed E-state index contributed by atoms with van der Waals surface area (Å²) in [6.45, 7) is 6.97. The van der Waals surface area contributed by atoms with Crippen molar-refractivity contribution in [2.24, 2.45) is 32.2 Å². The van der Waals surface area contributed by atoms with Crippen LogP contribution < -0.4 is 15.5 Å². The molecule has 0 amide bonds. The van der Waals surface area contributed by atoms with Gasteiger partial charge in [-0.25, -0.2) is 9.98 Å². The number of anilines is 2. The molecule has 0 N–H and O–H groups in total. The molecule has 5 aliphatic rings. The molecule has 7 atom stereocenters. The molecule has 350 valence electrons. The van der Waals surface area contributed by atoms with Crippen LogP contribution in [0.15, 0.2) is 232 Å². The molecule has 3 aliphatic heterocycles. The molecule has 72 heavy (non-hydrogen) atoms. The lowest BCUT2D eigenvalue weighted by Crippen LogP contribution is -2.52. The van der Waals surface area contributed by atoms with Crippen molar-refractivity contribution in [1.82, 2.24) is 4.90 Å². The summed E-state index contributed by atoms with van der Waals surface area (Å²) in [6.07, 6.45) is 17.7. The Morgan fingerprint density at radius 1 is 0.625 bits per heavy atom. The summed E-state index contributed by atoms with van der Waals surface area (Å²) in [5, 5.41) is 2.22. The zero-order valence-corrected chi connectivity index (χ0v) is 41.0. The number of para-hydroxylation sites is 2. The van der Waals surface area contributed by atoms with Crippen molar-refractivity contribution in [1.29, 1.82) is 0 Å². The molecular formula is C66H55N5O. The standard InChI is InChI=1S/C66H55N5O/c1-43-21-17-18-30-51(43)62-68-63(46-26-13-7-14-27-46)70(4)64(69-62)65(2)40-49(47-33-35-52(44-22-9-5-10-23-44)55(37-47)45-24-11-6-12-25-45)42-67-61(65)48-34-36-53-56-41-66(3)57(39-60(56)72-59(53)38-48)54-31-19-20-32-58(54)71(66)50-28-15-8-16-29-50/h5-43,51,57,61,64H,1-4H3. The van der Waals surface area contributed by atoms with E-state index in [0.29, 0.717) is 0 Å². The first-order valence-corrected chi connectivity index (χ1v) is 25.3. The minimum atomic E-state index is -0.689. The summed E-state index contributed by atoms with van der Waals surface area (Å²) in [7, 11) is 2.15. The predicted octanol–water partition coefficient (Wildman–Crippen LogP) is 13.7. The highest BCUT2D eigenvalue weighted by atomic mass is 16.3. The summed E-state index contributed by atoms with van der Waals surface area (Å²) in [4.78, 5) is 21.6. The van der Waals surface area contributed by atoms with E-state index in [9.17, 15) is 0 Å². The first-order chi connectivity index (χ1) is 35.2. The van der Waals surface area contributed by atoms with E-state index >= 15 is 0 Å². The van der Waals surface area contributed by atoms with Gasteiger partial charge in [0.2, 0.25) is 0 Å². The second kappa shape index (κ2) is 17.2. The van der Waals surface area contributed by atoms with E-state index in [2.05, 4.69) is 268 Å². The largest absolute Gasteiger partial charge is 0.456 e. The molecule has 6 nitrogen and oxygen atoms in total. The highest BCUT2D eigenvalue weighted by molar-refractivity contribution is 6.12. The lowest BCUT2D eigenvalue weighted by molar-refractivity contribution is 0.171. The van der Waals surface area contributed by atoms with E-state index in [0.717, 1.165) is 55.5 Å². The molecule has 2 aliphatic carbocycles. The van der Waals surface area contributed by atoms with Crippen LogP contribution in [0.5, 0.6) is 0 Å². The Kier molecular flexibility index (Phi) is 10.4. The Morgan fingerprint density at radius 3 is 2.03 bits per heavy atom. The number of furan rings is 1. The Morgan fingerprint density at radius 2 is 1.29 bits per heavy atom. The van der Waals surface area contributed by atoms with Crippen LogP contribution in [0.1, 0.15) is 55.0 Å². The third-order valence-corrected chi connectivity index (χ3v) is 15.9. The van der Waals surface area contributed by atoms with E-state index in [-0.39, 0.29) is 35.5 Å². The van der Waals surface area contributed by atoms with Crippen LogP contribution in [0.3, 0.4) is 0 Å². The number of nitrogens with zero attached hydrogens (tertiary/aromatic N) is 5. The molecule has 7 aromatic carbocycles. The number of hydrogen-bond donors (Lipinski definition) is 0. The van der Waals surface area contributed by atoms with Gasteiger partial charge in [-0.3, -0.25) is 4.99 Å². The van der Waals surface area contributed by atoms with Crippen molar-refractivity contribution < 1.29 is 4.42 Å². The molecule has 0 bridgehead atoms. The Hall–Kier alpha value is -8.35. The fourth-order valence-corrected chi connectivity index (χ4v) is 12.3. The third kappa shape index (κ3) is 7.11. The average molecular weight is 934 g/mol. The number of aliphatic imine (C=N–C) groups is 3. The molecule has 0 fully saturated rings. The Balaban J connectivity index is 0.973. The molecule has 13 rings (SSSR count). The molecule has 8 aromatic rings. The van der Waals surface area contributed by atoms with E-state index in [1.807, 2.05) is 0 Å². The van der Waals surface area contributed by atoms with Crippen molar-refractivity contribution in [3.8, 4) is 22.3 Å². The van der Waals surface area contributed by atoms with Gasteiger partial charge in [-0.15, -0.1) is 0 Å². The van der Waals surface area contributed by atoms with Gasteiger partial charge in [-0.05, 0) is 107 Å². The van der Waals surface area contributed by atoms with E-state index in [1.54, 1.807) is 0 Å². The van der Waals surface area contributed by atoms with Crippen molar-refractivity contribution in [2.75, 3.05) is 11.9 Å². The van der Waals surface area contributed by atoms with Crippen molar-refractivity contribution >= 4 is 58.0 Å². The van der Waals surface area contributed by atoms with Gasteiger partial charge in [0.15, 0.2) is 0 Å². The number of dihydropyridines is 1. The van der Waals surface area contributed by atoms with Gasteiger partial charge >= 0.3 is 0 Å². The maximum absolute atomic E-state index is 7.00. The topological polar surface area (TPSA) is 56.7 Å². The quantitative estimate of drug-likeness (QED) is 0.153. The van der Waals surface area contributed by atoms with Crippen LogP contribution >= 0.6 is 0 Å². The van der Waals surface area contributed by atoms with Crippen LogP contribution in [0.2, 0.25) is 0 Å². The molecule has 7 unspecified atom stereocenters. The maximum Gasteiger partial charge on any atom is 0.139 e. The number of rotatable bonds is 8. The first-order valence-electron chi connectivity index (χ1n) is 25.3. The molecule has 4 heterocycles. The van der Waals surface area contributed by atoms with Gasteiger partial charge in [0.1, 0.15) is 28.8 Å². The second-order valence-corrected chi connectivity index (χ2v) is 20.4. The monoisotopic (exact) mass is 933 g/mol. The number of hydrogen-bond acceptors (Lipinski definition) is 6. The van der Waals surface area contributed by atoms with Gasteiger partial charge < -0.3 is 14.2 Å². The highest BCUT2D eigenvalue weighted by Gasteiger charge is 2.49. The van der Waals surface area contributed by atoms with Crippen LogP contribution in [0, 0.1) is 17.3 Å². The Labute approximate surface area is 421 Å². The molecule has 0 radical (unpaired) electrons. The first kappa shape index (κ1) is 43.7. The van der Waals surface area contributed by atoms with Crippen LogP contribution in [-0.2, 0) is 0 Å². The van der Waals surface area contributed by atoms with Gasteiger partial charge in [0.25, 0.3) is 0 Å². The van der Waals surface area contributed by atoms with Gasteiger partial charge in [0.05, 0.1) is 17.0 Å². The summed E-state index contributed by atoms with van der Waals surface area (Å²) in [6, 6.07) is 64.8. The molecular weight excluding hydrogens is 879 g/mol. The smallest absolute Gasteiger partial charge is 0.139 e. The molecule has 0 saturated heterocycles. The average Bonchev–Trinajstić information content (AvgIpc) is 3.91. The van der Waals surface area contributed by atoms with Crippen molar-refractivity contribution in [3.05, 3.63) is 245 Å². The highest BCUT2D eigenvalue weighted by Crippen LogP contribution is 2.54. The maximum atomic E-state index is 7.00.